The van der Waals surface area contributed by atoms with Crippen molar-refractivity contribution in [3.05, 3.63) is 29.3 Å². The fourth-order valence-corrected chi connectivity index (χ4v) is 2.60. The van der Waals surface area contributed by atoms with Crippen LogP contribution < -0.4 is 9.47 Å². The van der Waals surface area contributed by atoms with Gasteiger partial charge in [-0.15, -0.1) is 11.3 Å². The van der Waals surface area contributed by atoms with Crippen LogP contribution in [-0.2, 0) is 11.2 Å². The number of carboxylic acid groups (broad SMARTS) is 1. The fraction of sp³-hybridized carbons (Fsp3) is 0.286. The SMILES string of the molecule is CCOc1cc(OC)ccc1-c1nc(CC(=O)O)cs1. The predicted octanol–water partition coefficient (Wildman–Crippen LogP) is 2.84. The van der Waals surface area contributed by atoms with Gasteiger partial charge < -0.3 is 14.6 Å². The minimum absolute atomic E-state index is 0.0728. The molecule has 1 N–H and O–H groups in total. The number of nitrogens with zero attached hydrogens (tertiary/aromatic N) is 1. The third kappa shape index (κ3) is 3.27. The Kier molecular flexibility index (Phi) is 4.57. The van der Waals surface area contributed by atoms with E-state index in [0.717, 1.165) is 10.6 Å². The van der Waals surface area contributed by atoms with Gasteiger partial charge in [-0.05, 0) is 19.1 Å². The number of hydrogen-bond acceptors (Lipinski definition) is 5. The minimum atomic E-state index is -0.887. The summed E-state index contributed by atoms with van der Waals surface area (Å²) in [7, 11) is 1.60. The first-order chi connectivity index (χ1) is 9.63. The molecule has 0 aliphatic carbocycles. The molecular formula is C14H15NO4S. The Morgan fingerprint density at radius 1 is 1.45 bits per heavy atom. The van der Waals surface area contributed by atoms with Gasteiger partial charge in [-0.25, -0.2) is 4.98 Å². The van der Waals surface area contributed by atoms with Gasteiger partial charge in [-0.3, -0.25) is 4.79 Å². The van der Waals surface area contributed by atoms with Gasteiger partial charge >= 0.3 is 5.97 Å². The van der Waals surface area contributed by atoms with E-state index in [1.54, 1.807) is 18.6 Å². The molecule has 6 heteroatoms. The standard InChI is InChI=1S/C14H15NO4S/c1-3-19-12-7-10(18-2)4-5-11(12)14-15-9(8-20-14)6-13(16)17/h4-5,7-8H,3,6H2,1-2H3,(H,16,17). The summed E-state index contributed by atoms with van der Waals surface area (Å²) in [6.07, 6.45) is -0.0728. The Morgan fingerprint density at radius 3 is 2.90 bits per heavy atom. The van der Waals surface area contributed by atoms with E-state index < -0.39 is 5.97 Å². The summed E-state index contributed by atoms with van der Waals surface area (Å²) in [5.41, 5.74) is 1.39. The summed E-state index contributed by atoms with van der Waals surface area (Å²) in [6, 6.07) is 5.50. The van der Waals surface area contributed by atoms with Crippen molar-refractivity contribution in [2.75, 3.05) is 13.7 Å². The average Bonchev–Trinajstić information content (AvgIpc) is 2.86. The number of carbonyl (C=O) groups is 1. The molecule has 0 bridgehead atoms. The minimum Gasteiger partial charge on any atom is -0.497 e. The normalized spacial score (nSPS) is 10.3. The third-order valence-electron chi connectivity index (χ3n) is 2.60. The van der Waals surface area contributed by atoms with Crippen molar-refractivity contribution in [2.45, 2.75) is 13.3 Å². The monoisotopic (exact) mass is 293 g/mol. The predicted molar refractivity (Wildman–Crippen MR) is 76.6 cm³/mol. The third-order valence-corrected chi connectivity index (χ3v) is 3.53. The summed E-state index contributed by atoms with van der Waals surface area (Å²) < 4.78 is 10.8. The van der Waals surface area contributed by atoms with Crippen LogP contribution in [0.2, 0.25) is 0 Å². The van der Waals surface area contributed by atoms with Crippen LogP contribution >= 0.6 is 11.3 Å². The number of thiazole rings is 1. The van der Waals surface area contributed by atoms with Crippen LogP contribution in [0.4, 0.5) is 0 Å². The second-order valence-electron chi connectivity index (χ2n) is 4.01. The van der Waals surface area contributed by atoms with Gasteiger partial charge in [0.2, 0.25) is 0 Å². The van der Waals surface area contributed by atoms with Gasteiger partial charge in [0.05, 0.1) is 31.4 Å². The molecule has 1 aromatic carbocycles. The van der Waals surface area contributed by atoms with Crippen LogP contribution in [0.3, 0.4) is 0 Å². The van der Waals surface area contributed by atoms with E-state index in [2.05, 4.69) is 4.98 Å². The Labute approximate surface area is 120 Å². The van der Waals surface area contributed by atoms with Crippen molar-refractivity contribution in [2.24, 2.45) is 0 Å². The Bertz CT molecular complexity index is 609. The van der Waals surface area contributed by atoms with Gasteiger partial charge in [0.25, 0.3) is 0 Å². The Balaban J connectivity index is 2.35. The van der Waals surface area contributed by atoms with Gasteiger partial charge in [-0.1, -0.05) is 0 Å². The lowest BCUT2D eigenvalue weighted by Gasteiger charge is -2.10. The van der Waals surface area contributed by atoms with Gasteiger partial charge in [0.15, 0.2) is 0 Å². The first-order valence-corrected chi connectivity index (χ1v) is 6.99. The number of aromatic nitrogens is 1. The van der Waals surface area contributed by atoms with Gasteiger partial charge in [0.1, 0.15) is 16.5 Å². The molecule has 5 nitrogen and oxygen atoms in total. The van der Waals surface area contributed by atoms with E-state index in [1.807, 2.05) is 19.1 Å². The molecule has 106 valence electrons. The van der Waals surface area contributed by atoms with Crippen molar-refractivity contribution in [1.29, 1.82) is 0 Å². The van der Waals surface area contributed by atoms with E-state index in [0.29, 0.717) is 23.8 Å². The number of benzene rings is 1. The highest BCUT2D eigenvalue weighted by Crippen LogP contribution is 2.35. The number of hydrogen-bond donors (Lipinski definition) is 1. The Hall–Kier alpha value is -2.08. The lowest BCUT2D eigenvalue weighted by Crippen LogP contribution is -2.00. The zero-order valence-corrected chi connectivity index (χ0v) is 12.1. The van der Waals surface area contributed by atoms with E-state index in [1.165, 1.54) is 11.3 Å². The first kappa shape index (κ1) is 14.3. The molecule has 0 aliphatic heterocycles. The molecule has 0 saturated carbocycles. The summed E-state index contributed by atoms with van der Waals surface area (Å²) in [5.74, 6) is 0.504. The lowest BCUT2D eigenvalue weighted by molar-refractivity contribution is -0.136. The summed E-state index contributed by atoms with van der Waals surface area (Å²) >= 11 is 1.40. The Morgan fingerprint density at radius 2 is 2.25 bits per heavy atom. The topological polar surface area (TPSA) is 68.7 Å². The molecule has 1 heterocycles. The number of aliphatic carboxylic acids is 1. The molecule has 2 aromatic rings. The zero-order valence-electron chi connectivity index (χ0n) is 11.3. The lowest BCUT2D eigenvalue weighted by atomic mass is 10.2. The summed E-state index contributed by atoms with van der Waals surface area (Å²) in [5, 5.41) is 11.3. The zero-order chi connectivity index (χ0) is 14.5. The molecule has 0 amide bonds. The second kappa shape index (κ2) is 6.38. The molecule has 1 aromatic heterocycles. The molecular weight excluding hydrogens is 278 g/mol. The number of carboxylic acids is 1. The highest BCUT2D eigenvalue weighted by molar-refractivity contribution is 7.13. The maximum atomic E-state index is 10.7. The second-order valence-corrected chi connectivity index (χ2v) is 4.87. The van der Waals surface area contributed by atoms with Crippen LogP contribution in [0, 0.1) is 0 Å². The number of ether oxygens (including phenoxy) is 2. The van der Waals surface area contributed by atoms with E-state index in [4.69, 9.17) is 14.6 Å². The van der Waals surface area contributed by atoms with Crippen LogP contribution in [0.15, 0.2) is 23.6 Å². The number of methoxy groups -OCH3 is 1. The first-order valence-electron chi connectivity index (χ1n) is 6.11. The molecule has 0 fully saturated rings. The average molecular weight is 293 g/mol. The molecule has 20 heavy (non-hydrogen) atoms. The maximum Gasteiger partial charge on any atom is 0.309 e. The van der Waals surface area contributed by atoms with Crippen molar-refractivity contribution in [3.63, 3.8) is 0 Å². The van der Waals surface area contributed by atoms with Gasteiger partial charge in [-0.2, -0.15) is 0 Å². The highest BCUT2D eigenvalue weighted by atomic mass is 32.1. The maximum absolute atomic E-state index is 10.7. The number of rotatable bonds is 6. The molecule has 0 radical (unpaired) electrons. The van der Waals surface area contributed by atoms with Crippen LogP contribution in [0.1, 0.15) is 12.6 Å². The van der Waals surface area contributed by atoms with Gasteiger partial charge in [0, 0.05) is 11.4 Å². The van der Waals surface area contributed by atoms with Crippen LogP contribution in [0.25, 0.3) is 10.6 Å². The molecule has 0 unspecified atom stereocenters. The van der Waals surface area contributed by atoms with E-state index >= 15 is 0 Å². The molecule has 2 rings (SSSR count). The summed E-state index contributed by atoms with van der Waals surface area (Å²) in [6.45, 7) is 2.44. The fourth-order valence-electron chi connectivity index (χ4n) is 1.75. The smallest absolute Gasteiger partial charge is 0.309 e. The van der Waals surface area contributed by atoms with E-state index in [9.17, 15) is 4.79 Å². The highest BCUT2D eigenvalue weighted by Gasteiger charge is 2.13. The summed E-state index contributed by atoms with van der Waals surface area (Å²) in [4.78, 5) is 15.0. The van der Waals surface area contributed by atoms with Crippen molar-refractivity contribution in [3.8, 4) is 22.1 Å². The van der Waals surface area contributed by atoms with E-state index in [-0.39, 0.29) is 6.42 Å². The van der Waals surface area contributed by atoms with Crippen LogP contribution in [-0.4, -0.2) is 29.8 Å². The quantitative estimate of drug-likeness (QED) is 0.887. The molecule has 0 spiro atoms. The van der Waals surface area contributed by atoms with Crippen molar-refractivity contribution < 1.29 is 19.4 Å². The molecule has 0 aliphatic rings. The largest absolute Gasteiger partial charge is 0.497 e. The van der Waals surface area contributed by atoms with Crippen molar-refractivity contribution >= 4 is 17.3 Å². The molecule has 0 saturated heterocycles. The molecule has 0 atom stereocenters. The van der Waals surface area contributed by atoms with Crippen molar-refractivity contribution in [1.82, 2.24) is 4.98 Å². The van der Waals surface area contributed by atoms with Crippen LogP contribution in [0.5, 0.6) is 11.5 Å².